The lowest BCUT2D eigenvalue weighted by Crippen LogP contribution is -2.02. The number of pyridine rings is 1. The van der Waals surface area contributed by atoms with Crippen LogP contribution in [0.2, 0.25) is 0 Å². The van der Waals surface area contributed by atoms with Gasteiger partial charge in [-0.2, -0.15) is 0 Å². The summed E-state index contributed by atoms with van der Waals surface area (Å²) in [5.74, 6) is 0.0447. The van der Waals surface area contributed by atoms with E-state index in [1.807, 2.05) is 12.1 Å². The van der Waals surface area contributed by atoms with Gasteiger partial charge in [0, 0.05) is 6.20 Å². The van der Waals surface area contributed by atoms with E-state index in [-0.39, 0.29) is 11.7 Å². The van der Waals surface area contributed by atoms with E-state index >= 15 is 0 Å². The van der Waals surface area contributed by atoms with Crippen molar-refractivity contribution in [3.05, 3.63) is 18.3 Å². The summed E-state index contributed by atoms with van der Waals surface area (Å²) >= 11 is 2.85. The van der Waals surface area contributed by atoms with Crippen LogP contribution in [0.1, 0.15) is 0 Å². The quantitative estimate of drug-likeness (QED) is 0.606. The van der Waals surface area contributed by atoms with Crippen molar-refractivity contribution in [2.24, 2.45) is 0 Å². The largest absolute Gasteiger partial charge is 0.468 e. The Bertz CT molecular complexity index is 451. The number of thioether (sulfide) groups is 1. The summed E-state index contributed by atoms with van der Waals surface area (Å²) in [7, 11) is 1.38. The molecule has 0 fully saturated rings. The molecule has 2 heterocycles. The van der Waals surface area contributed by atoms with Crippen molar-refractivity contribution in [1.82, 2.24) is 9.97 Å². The maximum Gasteiger partial charge on any atom is 0.316 e. The lowest BCUT2D eigenvalue weighted by atomic mass is 10.5. The van der Waals surface area contributed by atoms with Gasteiger partial charge in [0.25, 0.3) is 0 Å². The Balaban J connectivity index is 2.12. The number of nitrogens with zero attached hydrogens (tertiary/aromatic N) is 2. The summed E-state index contributed by atoms with van der Waals surface area (Å²) in [6.07, 6.45) is 1.73. The fourth-order valence-corrected chi connectivity index (χ4v) is 2.80. The number of ether oxygens (including phenoxy) is 1. The summed E-state index contributed by atoms with van der Waals surface area (Å²) in [4.78, 5) is 20.3. The Morgan fingerprint density at radius 1 is 1.67 bits per heavy atom. The summed E-state index contributed by atoms with van der Waals surface area (Å²) in [6, 6.07) is 3.75. The van der Waals surface area contributed by atoms with Crippen LogP contribution in [0, 0.1) is 0 Å². The van der Waals surface area contributed by atoms with Gasteiger partial charge in [0.2, 0.25) is 0 Å². The smallest absolute Gasteiger partial charge is 0.316 e. The van der Waals surface area contributed by atoms with E-state index in [0.717, 1.165) is 14.7 Å². The van der Waals surface area contributed by atoms with Gasteiger partial charge in [-0.1, -0.05) is 23.1 Å². The van der Waals surface area contributed by atoms with E-state index in [0.29, 0.717) is 0 Å². The first kappa shape index (κ1) is 10.4. The first-order valence-electron chi connectivity index (χ1n) is 4.21. The molecule has 2 aromatic rings. The fraction of sp³-hybridized carbons (Fsp3) is 0.222. The average Bonchev–Trinajstić information content (AvgIpc) is 2.68. The predicted octanol–water partition coefficient (Wildman–Crippen LogP) is 1.96. The Kier molecular flexibility index (Phi) is 3.17. The molecule has 4 nitrogen and oxygen atoms in total. The van der Waals surface area contributed by atoms with Gasteiger partial charge in [0.15, 0.2) is 4.34 Å². The molecule has 0 aliphatic carbocycles. The molecule has 0 amide bonds. The topological polar surface area (TPSA) is 52.1 Å². The first-order chi connectivity index (χ1) is 7.29. The van der Waals surface area contributed by atoms with Gasteiger partial charge in [0.1, 0.15) is 10.3 Å². The number of aromatic nitrogens is 2. The van der Waals surface area contributed by atoms with Crippen LogP contribution in [0.3, 0.4) is 0 Å². The second kappa shape index (κ2) is 4.59. The number of hydrogen-bond donors (Lipinski definition) is 0. The van der Waals surface area contributed by atoms with Crippen molar-refractivity contribution in [2.45, 2.75) is 4.34 Å². The minimum atomic E-state index is -0.243. The Morgan fingerprint density at radius 2 is 2.53 bits per heavy atom. The van der Waals surface area contributed by atoms with E-state index in [1.54, 1.807) is 6.20 Å². The number of hydrogen-bond acceptors (Lipinski definition) is 6. The molecule has 0 bridgehead atoms. The summed E-state index contributed by atoms with van der Waals surface area (Å²) < 4.78 is 5.39. The van der Waals surface area contributed by atoms with Crippen molar-refractivity contribution in [2.75, 3.05) is 12.9 Å². The van der Waals surface area contributed by atoms with Crippen LogP contribution >= 0.6 is 23.1 Å². The monoisotopic (exact) mass is 240 g/mol. The minimum absolute atomic E-state index is 0.243. The third-order valence-corrected chi connectivity index (χ3v) is 3.78. The zero-order valence-electron chi connectivity index (χ0n) is 7.97. The highest BCUT2D eigenvalue weighted by Crippen LogP contribution is 2.27. The lowest BCUT2D eigenvalue weighted by Gasteiger charge is -1.94. The minimum Gasteiger partial charge on any atom is -0.468 e. The van der Waals surface area contributed by atoms with Gasteiger partial charge in [-0.25, -0.2) is 9.97 Å². The van der Waals surface area contributed by atoms with E-state index in [1.165, 1.54) is 30.2 Å². The van der Waals surface area contributed by atoms with E-state index < -0.39 is 0 Å². The molecule has 0 radical (unpaired) electrons. The highest BCUT2D eigenvalue weighted by atomic mass is 32.2. The second-order valence-electron chi connectivity index (χ2n) is 2.67. The summed E-state index contributed by atoms with van der Waals surface area (Å²) in [5, 5.41) is 0. The molecule has 0 aliphatic rings. The van der Waals surface area contributed by atoms with Crippen molar-refractivity contribution < 1.29 is 9.53 Å². The van der Waals surface area contributed by atoms with E-state index in [9.17, 15) is 4.79 Å². The molecule has 0 spiro atoms. The molecule has 0 aromatic carbocycles. The van der Waals surface area contributed by atoms with Crippen LogP contribution < -0.4 is 0 Å². The third kappa shape index (κ3) is 2.45. The van der Waals surface area contributed by atoms with E-state index in [2.05, 4.69) is 14.7 Å². The second-order valence-corrected chi connectivity index (χ2v) is 4.87. The number of methoxy groups -OCH3 is 1. The molecule has 78 valence electrons. The van der Waals surface area contributed by atoms with Crippen molar-refractivity contribution in [3.8, 4) is 0 Å². The van der Waals surface area contributed by atoms with Crippen LogP contribution in [0.15, 0.2) is 22.7 Å². The zero-order valence-corrected chi connectivity index (χ0v) is 9.60. The maximum atomic E-state index is 10.9. The average molecular weight is 240 g/mol. The number of carbonyl (C=O) groups is 1. The molecular weight excluding hydrogens is 232 g/mol. The van der Waals surface area contributed by atoms with Crippen molar-refractivity contribution in [1.29, 1.82) is 0 Å². The van der Waals surface area contributed by atoms with Gasteiger partial charge in [-0.05, 0) is 12.1 Å². The molecule has 0 aliphatic heterocycles. The zero-order chi connectivity index (χ0) is 10.7. The van der Waals surface area contributed by atoms with E-state index in [4.69, 9.17) is 0 Å². The number of carbonyl (C=O) groups excluding carboxylic acids is 1. The van der Waals surface area contributed by atoms with Crippen molar-refractivity contribution in [3.63, 3.8) is 0 Å². The van der Waals surface area contributed by atoms with Crippen LogP contribution in [0.4, 0.5) is 0 Å². The molecule has 0 unspecified atom stereocenters. The number of esters is 1. The van der Waals surface area contributed by atoms with Gasteiger partial charge < -0.3 is 4.74 Å². The van der Waals surface area contributed by atoms with Crippen LogP contribution in [0.5, 0.6) is 0 Å². The standard InChI is InChI=1S/C9H8N2O2S2/c1-13-7(12)5-14-9-11-6-3-2-4-10-8(6)15-9/h2-4H,5H2,1H3. The van der Waals surface area contributed by atoms with Crippen LogP contribution in [-0.2, 0) is 9.53 Å². The van der Waals surface area contributed by atoms with Crippen molar-refractivity contribution >= 4 is 39.4 Å². The molecule has 2 aromatic heterocycles. The number of fused-ring (bicyclic) bond motifs is 1. The molecule has 0 atom stereocenters. The highest BCUT2D eigenvalue weighted by molar-refractivity contribution is 8.01. The molecule has 2 rings (SSSR count). The molecule has 15 heavy (non-hydrogen) atoms. The van der Waals surface area contributed by atoms with Gasteiger partial charge in [0.05, 0.1) is 12.9 Å². The first-order valence-corrected chi connectivity index (χ1v) is 6.01. The molecule has 0 N–H and O–H groups in total. The third-order valence-electron chi connectivity index (χ3n) is 1.69. The molecule has 6 heteroatoms. The summed E-state index contributed by atoms with van der Waals surface area (Å²) in [5.41, 5.74) is 0.870. The lowest BCUT2D eigenvalue weighted by molar-refractivity contribution is -0.137. The number of thiazole rings is 1. The van der Waals surface area contributed by atoms with Gasteiger partial charge in [-0.3, -0.25) is 4.79 Å². The Morgan fingerprint density at radius 3 is 3.27 bits per heavy atom. The molecule has 0 saturated carbocycles. The predicted molar refractivity (Wildman–Crippen MR) is 60.2 cm³/mol. The van der Waals surface area contributed by atoms with Crippen LogP contribution in [0.25, 0.3) is 10.3 Å². The highest BCUT2D eigenvalue weighted by Gasteiger charge is 2.07. The maximum absolute atomic E-state index is 10.9. The van der Waals surface area contributed by atoms with Gasteiger partial charge >= 0.3 is 5.97 Å². The summed E-state index contributed by atoms with van der Waals surface area (Å²) in [6.45, 7) is 0. The van der Waals surface area contributed by atoms with Crippen LogP contribution in [-0.4, -0.2) is 28.8 Å². The normalized spacial score (nSPS) is 10.5. The molecular formula is C9H8N2O2S2. The molecule has 0 saturated heterocycles. The Hall–Kier alpha value is -1.14. The fourth-order valence-electron chi connectivity index (χ4n) is 0.991. The Labute approximate surface area is 94.7 Å². The number of rotatable bonds is 3. The SMILES string of the molecule is COC(=O)CSc1nc2cccnc2s1. The van der Waals surface area contributed by atoms with Gasteiger partial charge in [-0.15, -0.1) is 0 Å².